The Kier molecular flexibility index (Phi) is 4.65. The van der Waals surface area contributed by atoms with Gasteiger partial charge in [0, 0.05) is 17.5 Å². The predicted molar refractivity (Wildman–Crippen MR) is 78.8 cm³/mol. The summed E-state index contributed by atoms with van der Waals surface area (Å²) < 4.78 is 10.6. The summed E-state index contributed by atoms with van der Waals surface area (Å²) >= 11 is 0. The second-order valence-corrected chi connectivity index (χ2v) is 5.46. The van der Waals surface area contributed by atoms with Crippen molar-refractivity contribution in [3.63, 3.8) is 0 Å². The third kappa shape index (κ3) is 2.52. The molecule has 110 valence electrons. The van der Waals surface area contributed by atoms with Crippen LogP contribution < -0.4 is 15.2 Å². The molecule has 0 aliphatic heterocycles. The Hall–Kier alpha value is -1.55. The van der Waals surface area contributed by atoms with Crippen LogP contribution in [0.1, 0.15) is 48.0 Å². The molecule has 4 heteroatoms. The SMILES string of the molecule is COc1cc(C=O)c(C2(CN)CCCCC2)cc1OC. The molecule has 1 aliphatic carbocycles. The van der Waals surface area contributed by atoms with E-state index in [0.717, 1.165) is 37.5 Å². The fraction of sp³-hybridized carbons (Fsp3) is 0.562. The number of hydrogen-bond donors (Lipinski definition) is 1. The van der Waals surface area contributed by atoms with E-state index in [-0.39, 0.29) is 5.41 Å². The average Bonchev–Trinajstić information content (AvgIpc) is 2.54. The average molecular weight is 277 g/mol. The Morgan fingerprint density at radius 2 is 1.75 bits per heavy atom. The first kappa shape index (κ1) is 14.9. The van der Waals surface area contributed by atoms with Crippen LogP contribution >= 0.6 is 0 Å². The minimum atomic E-state index is -0.103. The first-order valence-corrected chi connectivity index (χ1v) is 7.12. The second kappa shape index (κ2) is 6.27. The number of aldehydes is 1. The van der Waals surface area contributed by atoms with Gasteiger partial charge in [-0.2, -0.15) is 0 Å². The molecular formula is C16H23NO3. The molecule has 20 heavy (non-hydrogen) atoms. The number of rotatable bonds is 5. The molecule has 0 saturated heterocycles. The van der Waals surface area contributed by atoms with Crippen LogP contribution in [-0.4, -0.2) is 27.1 Å². The minimum Gasteiger partial charge on any atom is -0.493 e. The summed E-state index contributed by atoms with van der Waals surface area (Å²) in [5.41, 5.74) is 7.63. The van der Waals surface area contributed by atoms with E-state index in [2.05, 4.69) is 0 Å². The molecule has 0 unspecified atom stereocenters. The summed E-state index contributed by atoms with van der Waals surface area (Å²) in [5, 5.41) is 0. The smallest absolute Gasteiger partial charge is 0.161 e. The van der Waals surface area contributed by atoms with Crippen LogP contribution in [0.4, 0.5) is 0 Å². The number of nitrogens with two attached hydrogens (primary N) is 1. The third-order valence-electron chi connectivity index (χ3n) is 4.46. The summed E-state index contributed by atoms with van der Waals surface area (Å²) in [6, 6.07) is 3.69. The standard InChI is InChI=1S/C16H23NO3/c1-19-14-8-12(10-18)13(9-15(14)20-2)16(11-17)6-4-3-5-7-16/h8-10H,3-7,11,17H2,1-2H3. The predicted octanol–water partition coefficient (Wildman–Crippen LogP) is 2.68. The Morgan fingerprint density at radius 1 is 1.15 bits per heavy atom. The van der Waals surface area contributed by atoms with Gasteiger partial charge >= 0.3 is 0 Å². The Balaban J connectivity index is 2.55. The van der Waals surface area contributed by atoms with Gasteiger partial charge in [-0.15, -0.1) is 0 Å². The van der Waals surface area contributed by atoms with Crippen LogP contribution in [0, 0.1) is 0 Å². The maximum absolute atomic E-state index is 11.5. The third-order valence-corrected chi connectivity index (χ3v) is 4.46. The summed E-state index contributed by atoms with van der Waals surface area (Å²) in [6.45, 7) is 0.559. The van der Waals surface area contributed by atoms with Crippen LogP contribution in [0.25, 0.3) is 0 Å². The maximum Gasteiger partial charge on any atom is 0.161 e. The van der Waals surface area contributed by atoms with E-state index in [0.29, 0.717) is 23.6 Å². The van der Waals surface area contributed by atoms with E-state index in [1.807, 2.05) is 6.07 Å². The van der Waals surface area contributed by atoms with Crippen molar-refractivity contribution < 1.29 is 14.3 Å². The van der Waals surface area contributed by atoms with Gasteiger partial charge in [-0.05, 0) is 30.5 Å². The van der Waals surface area contributed by atoms with E-state index in [1.54, 1.807) is 20.3 Å². The van der Waals surface area contributed by atoms with Crippen LogP contribution in [-0.2, 0) is 5.41 Å². The molecule has 0 spiro atoms. The van der Waals surface area contributed by atoms with Crippen molar-refractivity contribution in [2.24, 2.45) is 5.73 Å². The lowest BCUT2D eigenvalue weighted by Gasteiger charge is -2.38. The van der Waals surface area contributed by atoms with Gasteiger partial charge in [-0.1, -0.05) is 19.3 Å². The lowest BCUT2D eigenvalue weighted by atomic mass is 9.68. The minimum absolute atomic E-state index is 0.103. The first-order chi connectivity index (χ1) is 9.70. The van der Waals surface area contributed by atoms with Gasteiger partial charge in [0.25, 0.3) is 0 Å². The van der Waals surface area contributed by atoms with E-state index in [1.165, 1.54) is 6.42 Å². The van der Waals surface area contributed by atoms with E-state index >= 15 is 0 Å². The Bertz CT molecular complexity index is 479. The molecule has 1 aliphatic rings. The highest BCUT2D eigenvalue weighted by Gasteiger charge is 2.35. The van der Waals surface area contributed by atoms with Crippen molar-refractivity contribution in [1.29, 1.82) is 0 Å². The second-order valence-electron chi connectivity index (χ2n) is 5.46. The fourth-order valence-electron chi connectivity index (χ4n) is 3.26. The van der Waals surface area contributed by atoms with Crippen LogP contribution in [0.15, 0.2) is 12.1 Å². The van der Waals surface area contributed by atoms with Crippen molar-refractivity contribution in [1.82, 2.24) is 0 Å². The zero-order chi connectivity index (χ0) is 14.6. The highest BCUT2D eigenvalue weighted by molar-refractivity contribution is 5.80. The molecule has 1 fully saturated rings. The summed E-state index contributed by atoms with van der Waals surface area (Å²) in [4.78, 5) is 11.5. The maximum atomic E-state index is 11.5. The molecule has 1 saturated carbocycles. The summed E-state index contributed by atoms with van der Waals surface area (Å²) in [5.74, 6) is 1.24. The molecule has 0 amide bonds. The monoisotopic (exact) mass is 277 g/mol. The molecule has 1 aromatic rings. The van der Waals surface area contributed by atoms with Crippen molar-refractivity contribution in [2.45, 2.75) is 37.5 Å². The van der Waals surface area contributed by atoms with Crippen LogP contribution in [0.3, 0.4) is 0 Å². The summed E-state index contributed by atoms with van der Waals surface area (Å²) in [7, 11) is 3.18. The zero-order valence-electron chi connectivity index (χ0n) is 12.3. The number of hydrogen-bond acceptors (Lipinski definition) is 4. The lowest BCUT2D eigenvalue weighted by molar-refractivity contribution is 0.111. The molecule has 0 atom stereocenters. The molecule has 4 nitrogen and oxygen atoms in total. The first-order valence-electron chi connectivity index (χ1n) is 7.12. The van der Waals surface area contributed by atoms with E-state index < -0.39 is 0 Å². The van der Waals surface area contributed by atoms with Gasteiger partial charge in [0.2, 0.25) is 0 Å². The molecule has 1 aromatic carbocycles. The number of carbonyl (C=O) groups excluding carboxylic acids is 1. The Labute approximate surface area is 120 Å². The topological polar surface area (TPSA) is 61.5 Å². The van der Waals surface area contributed by atoms with Gasteiger partial charge in [0.05, 0.1) is 14.2 Å². The largest absolute Gasteiger partial charge is 0.493 e. The van der Waals surface area contributed by atoms with Crippen molar-refractivity contribution in [2.75, 3.05) is 20.8 Å². The fourth-order valence-corrected chi connectivity index (χ4v) is 3.26. The van der Waals surface area contributed by atoms with Crippen molar-refractivity contribution in [3.8, 4) is 11.5 Å². The highest BCUT2D eigenvalue weighted by atomic mass is 16.5. The number of carbonyl (C=O) groups is 1. The number of benzene rings is 1. The van der Waals surface area contributed by atoms with Gasteiger partial charge < -0.3 is 15.2 Å². The van der Waals surface area contributed by atoms with E-state index in [4.69, 9.17) is 15.2 Å². The molecule has 0 heterocycles. The van der Waals surface area contributed by atoms with E-state index in [9.17, 15) is 4.79 Å². The quantitative estimate of drug-likeness (QED) is 0.841. The van der Waals surface area contributed by atoms with Crippen molar-refractivity contribution >= 4 is 6.29 Å². The molecule has 0 bridgehead atoms. The van der Waals surface area contributed by atoms with Crippen LogP contribution in [0.5, 0.6) is 11.5 Å². The molecule has 2 rings (SSSR count). The summed E-state index contributed by atoms with van der Waals surface area (Å²) in [6.07, 6.45) is 6.50. The van der Waals surface area contributed by atoms with Gasteiger partial charge in [-0.3, -0.25) is 4.79 Å². The van der Waals surface area contributed by atoms with Crippen molar-refractivity contribution in [3.05, 3.63) is 23.3 Å². The highest BCUT2D eigenvalue weighted by Crippen LogP contribution is 2.43. The number of ether oxygens (including phenoxy) is 2. The normalized spacial score (nSPS) is 17.6. The molecular weight excluding hydrogens is 254 g/mol. The van der Waals surface area contributed by atoms with Gasteiger partial charge in [0.15, 0.2) is 11.5 Å². The van der Waals surface area contributed by atoms with Gasteiger partial charge in [-0.25, -0.2) is 0 Å². The Morgan fingerprint density at radius 3 is 2.25 bits per heavy atom. The lowest BCUT2D eigenvalue weighted by Crippen LogP contribution is -2.38. The molecule has 0 radical (unpaired) electrons. The van der Waals surface area contributed by atoms with Gasteiger partial charge in [0.1, 0.15) is 6.29 Å². The molecule has 2 N–H and O–H groups in total. The number of methoxy groups -OCH3 is 2. The van der Waals surface area contributed by atoms with Crippen LogP contribution in [0.2, 0.25) is 0 Å². The molecule has 0 aromatic heterocycles. The zero-order valence-corrected chi connectivity index (χ0v) is 12.3.